The molecular formula is C14H22N2S. The Labute approximate surface area is 108 Å². The van der Waals surface area contributed by atoms with E-state index in [2.05, 4.69) is 17.6 Å². The number of aromatic nitrogens is 1. The van der Waals surface area contributed by atoms with E-state index in [1.54, 1.807) is 0 Å². The Bertz CT molecular complexity index is 360. The van der Waals surface area contributed by atoms with Crippen LogP contribution in [0.5, 0.6) is 0 Å². The monoisotopic (exact) mass is 250 g/mol. The highest BCUT2D eigenvalue weighted by molar-refractivity contribution is 7.09. The molecule has 0 unspecified atom stereocenters. The van der Waals surface area contributed by atoms with Crippen LogP contribution in [0.25, 0.3) is 0 Å². The highest BCUT2D eigenvalue weighted by Gasteiger charge is 2.24. The lowest BCUT2D eigenvalue weighted by Gasteiger charge is -2.24. The standard InChI is InChI=1S/C14H22N2S/c1-10-4-6-11(7-5-10)14-16-13(9-17-14)12-3-2-8-15-12/h9-12,15H,2-8H2,1H3/t10?,11?,12-/m0/s1. The summed E-state index contributed by atoms with van der Waals surface area (Å²) < 4.78 is 0. The molecule has 1 atom stereocenters. The van der Waals surface area contributed by atoms with Crippen molar-refractivity contribution in [3.8, 4) is 0 Å². The first-order valence-electron chi connectivity index (χ1n) is 7.01. The summed E-state index contributed by atoms with van der Waals surface area (Å²) in [4.78, 5) is 4.90. The van der Waals surface area contributed by atoms with Crippen LogP contribution in [0.4, 0.5) is 0 Å². The molecule has 1 aromatic rings. The lowest BCUT2D eigenvalue weighted by atomic mass is 9.83. The van der Waals surface area contributed by atoms with Crippen molar-refractivity contribution >= 4 is 11.3 Å². The van der Waals surface area contributed by atoms with Crippen LogP contribution >= 0.6 is 11.3 Å². The van der Waals surface area contributed by atoms with Gasteiger partial charge in [-0.3, -0.25) is 0 Å². The molecular weight excluding hydrogens is 228 g/mol. The second-order valence-corrected chi connectivity index (χ2v) is 6.61. The number of thiazole rings is 1. The minimum atomic E-state index is 0.544. The lowest BCUT2D eigenvalue weighted by molar-refractivity contribution is 0.347. The minimum absolute atomic E-state index is 0.544. The van der Waals surface area contributed by atoms with E-state index < -0.39 is 0 Å². The van der Waals surface area contributed by atoms with Crippen LogP contribution in [0.2, 0.25) is 0 Å². The maximum Gasteiger partial charge on any atom is 0.0959 e. The van der Waals surface area contributed by atoms with E-state index in [0.717, 1.165) is 11.8 Å². The summed E-state index contributed by atoms with van der Waals surface area (Å²) in [6, 6.07) is 0.544. The highest BCUT2D eigenvalue weighted by atomic mass is 32.1. The van der Waals surface area contributed by atoms with E-state index in [4.69, 9.17) is 4.98 Å². The second kappa shape index (κ2) is 5.07. The Balaban J connectivity index is 1.67. The zero-order chi connectivity index (χ0) is 11.7. The van der Waals surface area contributed by atoms with E-state index in [-0.39, 0.29) is 0 Å². The number of hydrogen-bond donors (Lipinski definition) is 1. The third-order valence-corrected chi connectivity index (χ3v) is 5.35. The predicted octanol–water partition coefficient (Wildman–Crippen LogP) is 3.86. The van der Waals surface area contributed by atoms with Gasteiger partial charge in [-0.1, -0.05) is 19.8 Å². The first-order chi connectivity index (χ1) is 8.33. The molecule has 1 saturated carbocycles. The molecule has 0 radical (unpaired) electrons. The molecule has 3 rings (SSSR count). The highest BCUT2D eigenvalue weighted by Crippen LogP contribution is 2.37. The Morgan fingerprint density at radius 3 is 2.76 bits per heavy atom. The summed E-state index contributed by atoms with van der Waals surface area (Å²) in [6.07, 6.45) is 8.06. The maximum atomic E-state index is 4.90. The molecule has 2 nitrogen and oxygen atoms in total. The van der Waals surface area contributed by atoms with E-state index in [9.17, 15) is 0 Å². The van der Waals surface area contributed by atoms with Gasteiger partial charge in [-0.05, 0) is 38.1 Å². The number of rotatable bonds is 2. The zero-order valence-electron chi connectivity index (χ0n) is 10.6. The molecule has 0 aromatic carbocycles. The molecule has 2 fully saturated rings. The van der Waals surface area contributed by atoms with Crippen molar-refractivity contribution in [3.05, 3.63) is 16.1 Å². The van der Waals surface area contributed by atoms with Crippen LogP contribution in [0, 0.1) is 5.92 Å². The molecule has 3 heteroatoms. The van der Waals surface area contributed by atoms with Gasteiger partial charge in [-0.25, -0.2) is 4.98 Å². The van der Waals surface area contributed by atoms with Gasteiger partial charge < -0.3 is 5.32 Å². The van der Waals surface area contributed by atoms with Crippen molar-refractivity contribution in [2.45, 2.75) is 57.4 Å². The fourth-order valence-electron chi connectivity index (χ4n) is 3.09. The van der Waals surface area contributed by atoms with Crippen LogP contribution in [0.1, 0.15) is 68.1 Å². The van der Waals surface area contributed by atoms with Crippen molar-refractivity contribution in [1.82, 2.24) is 10.3 Å². The third kappa shape index (κ3) is 2.55. The van der Waals surface area contributed by atoms with Crippen LogP contribution in [0.15, 0.2) is 5.38 Å². The summed E-state index contributed by atoms with van der Waals surface area (Å²) in [7, 11) is 0. The summed E-state index contributed by atoms with van der Waals surface area (Å²) in [5.74, 6) is 1.69. The van der Waals surface area contributed by atoms with Crippen molar-refractivity contribution in [3.63, 3.8) is 0 Å². The van der Waals surface area contributed by atoms with E-state index in [0.29, 0.717) is 6.04 Å². The number of nitrogens with one attached hydrogen (secondary N) is 1. The Morgan fingerprint density at radius 2 is 2.06 bits per heavy atom. The molecule has 1 aromatic heterocycles. The van der Waals surface area contributed by atoms with Gasteiger partial charge >= 0.3 is 0 Å². The molecule has 1 N–H and O–H groups in total. The van der Waals surface area contributed by atoms with Gasteiger partial charge in [-0.15, -0.1) is 11.3 Å². The van der Waals surface area contributed by atoms with Crippen molar-refractivity contribution in [2.24, 2.45) is 5.92 Å². The van der Waals surface area contributed by atoms with Crippen molar-refractivity contribution in [2.75, 3.05) is 6.54 Å². The maximum absolute atomic E-state index is 4.90. The Kier molecular flexibility index (Phi) is 3.48. The van der Waals surface area contributed by atoms with Gasteiger partial charge in [0.15, 0.2) is 0 Å². The van der Waals surface area contributed by atoms with Gasteiger partial charge in [0.05, 0.1) is 16.7 Å². The summed E-state index contributed by atoms with van der Waals surface area (Å²) in [6.45, 7) is 3.55. The summed E-state index contributed by atoms with van der Waals surface area (Å²) in [5, 5.41) is 7.23. The Morgan fingerprint density at radius 1 is 1.24 bits per heavy atom. The largest absolute Gasteiger partial charge is 0.309 e. The molecule has 2 aliphatic rings. The molecule has 0 bridgehead atoms. The quantitative estimate of drug-likeness (QED) is 0.862. The van der Waals surface area contributed by atoms with Gasteiger partial charge in [0, 0.05) is 11.3 Å². The molecule has 17 heavy (non-hydrogen) atoms. The van der Waals surface area contributed by atoms with E-state index in [1.165, 1.54) is 55.8 Å². The van der Waals surface area contributed by atoms with Crippen LogP contribution < -0.4 is 5.32 Å². The topological polar surface area (TPSA) is 24.9 Å². The first kappa shape index (κ1) is 11.7. The molecule has 0 amide bonds. The molecule has 1 aliphatic carbocycles. The van der Waals surface area contributed by atoms with Gasteiger partial charge in [0.2, 0.25) is 0 Å². The SMILES string of the molecule is CC1CCC(c2nc([C@@H]3CCCN3)cs2)CC1. The van der Waals surface area contributed by atoms with Gasteiger partial charge in [0.1, 0.15) is 0 Å². The van der Waals surface area contributed by atoms with E-state index in [1.807, 2.05) is 11.3 Å². The average Bonchev–Trinajstić information content (AvgIpc) is 3.00. The Hall–Kier alpha value is -0.410. The zero-order valence-corrected chi connectivity index (χ0v) is 11.4. The molecule has 1 aliphatic heterocycles. The summed E-state index contributed by atoms with van der Waals surface area (Å²) in [5.41, 5.74) is 1.31. The van der Waals surface area contributed by atoms with Crippen LogP contribution in [-0.4, -0.2) is 11.5 Å². The van der Waals surface area contributed by atoms with Crippen LogP contribution in [-0.2, 0) is 0 Å². The minimum Gasteiger partial charge on any atom is -0.309 e. The van der Waals surface area contributed by atoms with Gasteiger partial charge in [-0.2, -0.15) is 0 Å². The smallest absolute Gasteiger partial charge is 0.0959 e. The normalized spacial score (nSPS) is 34.1. The predicted molar refractivity (Wildman–Crippen MR) is 72.5 cm³/mol. The van der Waals surface area contributed by atoms with Crippen molar-refractivity contribution < 1.29 is 0 Å². The first-order valence-corrected chi connectivity index (χ1v) is 7.89. The van der Waals surface area contributed by atoms with Gasteiger partial charge in [0.25, 0.3) is 0 Å². The number of nitrogens with zero attached hydrogens (tertiary/aromatic N) is 1. The average molecular weight is 250 g/mol. The second-order valence-electron chi connectivity index (χ2n) is 5.72. The molecule has 0 spiro atoms. The fraction of sp³-hybridized carbons (Fsp3) is 0.786. The molecule has 2 heterocycles. The third-order valence-electron chi connectivity index (χ3n) is 4.32. The summed E-state index contributed by atoms with van der Waals surface area (Å²) >= 11 is 1.89. The van der Waals surface area contributed by atoms with Crippen molar-refractivity contribution in [1.29, 1.82) is 0 Å². The number of hydrogen-bond acceptors (Lipinski definition) is 3. The fourth-order valence-corrected chi connectivity index (χ4v) is 4.14. The lowest BCUT2D eigenvalue weighted by Crippen LogP contribution is -2.14. The van der Waals surface area contributed by atoms with Crippen LogP contribution in [0.3, 0.4) is 0 Å². The van der Waals surface area contributed by atoms with E-state index >= 15 is 0 Å². The molecule has 1 saturated heterocycles. The molecule has 94 valence electrons.